The molecule has 1 aliphatic rings. The van der Waals surface area contributed by atoms with Crippen molar-refractivity contribution < 1.29 is 22.6 Å². The summed E-state index contributed by atoms with van der Waals surface area (Å²) in [4.78, 5) is 3.90. The van der Waals surface area contributed by atoms with Gasteiger partial charge in [-0.2, -0.15) is 0 Å². The normalized spacial score (nSPS) is 21.9. The summed E-state index contributed by atoms with van der Waals surface area (Å²) >= 11 is 3.17. The molecule has 20 heavy (non-hydrogen) atoms. The van der Waals surface area contributed by atoms with Crippen LogP contribution in [0.4, 0.5) is 0 Å². The van der Waals surface area contributed by atoms with Gasteiger partial charge in [-0.25, -0.2) is 13.4 Å². The highest BCUT2D eigenvalue weighted by Gasteiger charge is 2.33. The zero-order valence-electron chi connectivity index (χ0n) is 11.4. The first kappa shape index (κ1) is 15.7. The Labute approximate surface area is 126 Å². The molecule has 0 N–H and O–H groups in total. The number of aromatic nitrogens is 1. The zero-order valence-corrected chi connectivity index (χ0v) is 13.8. The summed E-state index contributed by atoms with van der Waals surface area (Å²) in [6.07, 6.45) is 0.917. The minimum Gasteiger partial charge on any atom is -0.491 e. The second kappa shape index (κ2) is 5.59. The molecule has 112 valence electrons. The molecule has 1 unspecified atom stereocenters. The van der Waals surface area contributed by atoms with Crippen molar-refractivity contribution in [1.29, 1.82) is 0 Å². The second-order valence-corrected chi connectivity index (χ2v) is 7.77. The maximum atomic E-state index is 11.5. The SMILES string of the molecule is CC1(C)OCC(COc2cc(Br)nc(S(C)(=O)=O)c2)O1. The van der Waals surface area contributed by atoms with Gasteiger partial charge in [-0.1, -0.05) is 0 Å². The van der Waals surface area contributed by atoms with Crippen LogP contribution in [0.5, 0.6) is 5.75 Å². The molecule has 0 aromatic carbocycles. The van der Waals surface area contributed by atoms with Crippen LogP contribution in [-0.2, 0) is 19.3 Å². The van der Waals surface area contributed by atoms with Gasteiger partial charge in [0.2, 0.25) is 0 Å². The van der Waals surface area contributed by atoms with Crippen molar-refractivity contribution in [3.63, 3.8) is 0 Å². The Morgan fingerprint density at radius 3 is 2.75 bits per heavy atom. The number of halogens is 1. The summed E-state index contributed by atoms with van der Waals surface area (Å²) in [5.41, 5.74) is 0. The predicted molar refractivity (Wildman–Crippen MR) is 75.4 cm³/mol. The van der Waals surface area contributed by atoms with E-state index in [0.29, 0.717) is 17.0 Å². The van der Waals surface area contributed by atoms with Crippen LogP contribution in [-0.4, -0.2) is 44.8 Å². The van der Waals surface area contributed by atoms with E-state index in [2.05, 4.69) is 20.9 Å². The van der Waals surface area contributed by atoms with E-state index in [0.717, 1.165) is 6.26 Å². The van der Waals surface area contributed by atoms with E-state index in [4.69, 9.17) is 14.2 Å². The van der Waals surface area contributed by atoms with Gasteiger partial charge in [-0.05, 0) is 29.8 Å². The maximum Gasteiger partial charge on any atom is 0.192 e. The summed E-state index contributed by atoms with van der Waals surface area (Å²) in [6, 6.07) is 3.00. The van der Waals surface area contributed by atoms with Crippen molar-refractivity contribution in [1.82, 2.24) is 4.98 Å². The van der Waals surface area contributed by atoms with E-state index in [1.807, 2.05) is 13.8 Å². The molecule has 0 bridgehead atoms. The summed E-state index contributed by atoms with van der Waals surface area (Å²) in [5.74, 6) is -0.189. The largest absolute Gasteiger partial charge is 0.491 e. The molecule has 1 aromatic rings. The Hall–Kier alpha value is -0.700. The molecular weight excluding hydrogens is 350 g/mol. The summed E-state index contributed by atoms with van der Waals surface area (Å²) in [5, 5.41) is -0.0363. The van der Waals surface area contributed by atoms with Crippen molar-refractivity contribution >= 4 is 25.8 Å². The lowest BCUT2D eigenvalue weighted by Crippen LogP contribution is -2.25. The van der Waals surface area contributed by atoms with Gasteiger partial charge in [0.1, 0.15) is 23.1 Å². The van der Waals surface area contributed by atoms with Gasteiger partial charge in [0, 0.05) is 18.4 Å². The fraction of sp³-hybridized carbons (Fsp3) is 0.583. The third-order valence-electron chi connectivity index (χ3n) is 2.63. The van der Waals surface area contributed by atoms with Gasteiger partial charge >= 0.3 is 0 Å². The van der Waals surface area contributed by atoms with Gasteiger partial charge in [0.05, 0.1) is 6.61 Å². The third-order valence-corrected chi connectivity index (χ3v) is 4.00. The quantitative estimate of drug-likeness (QED) is 0.757. The van der Waals surface area contributed by atoms with Gasteiger partial charge < -0.3 is 14.2 Å². The van der Waals surface area contributed by atoms with Crippen LogP contribution in [0.25, 0.3) is 0 Å². The Bertz CT molecular complexity index is 602. The van der Waals surface area contributed by atoms with Crippen LogP contribution in [0, 0.1) is 0 Å². The molecule has 1 aromatic heterocycles. The summed E-state index contributed by atoms with van der Waals surface area (Å²) in [7, 11) is -3.38. The average molecular weight is 366 g/mol. The summed E-state index contributed by atoms with van der Waals surface area (Å²) < 4.78 is 40.0. The molecule has 1 fully saturated rings. The number of pyridine rings is 1. The number of ether oxygens (including phenoxy) is 3. The molecule has 8 heteroatoms. The van der Waals surface area contributed by atoms with Crippen LogP contribution in [0.3, 0.4) is 0 Å². The van der Waals surface area contributed by atoms with E-state index < -0.39 is 15.6 Å². The molecule has 0 aliphatic carbocycles. The maximum absolute atomic E-state index is 11.5. The van der Waals surface area contributed by atoms with Crippen LogP contribution in [0.1, 0.15) is 13.8 Å². The average Bonchev–Trinajstić information content (AvgIpc) is 2.64. The lowest BCUT2D eigenvalue weighted by atomic mass is 10.4. The Morgan fingerprint density at radius 1 is 1.50 bits per heavy atom. The van der Waals surface area contributed by atoms with Crippen molar-refractivity contribution in [3.8, 4) is 5.75 Å². The molecule has 0 radical (unpaired) electrons. The third kappa shape index (κ3) is 4.15. The van der Waals surface area contributed by atoms with Crippen molar-refractivity contribution in [3.05, 3.63) is 16.7 Å². The lowest BCUT2D eigenvalue weighted by molar-refractivity contribution is -0.141. The molecule has 2 heterocycles. The molecule has 2 rings (SSSR count). The number of hydrogen-bond donors (Lipinski definition) is 0. The zero-order chi connectivity index (χ0) is 15.0. The van der Waals surface area contributed by atoms with Gasteiger partial charge in [0.15, 0.2) is 20.7 Å². The fourth-order valence-electron chi connectivity index (χ4n) is 1.76. The Balaban J connectivity index is 2.05. The highest BCUT2D eigenvalue weighted by atomic mass is 79.9. The van der Waals surface area contributed by atoms with Crippen molar-refractivity contribution in [2.45, 2.75) is 30.8 Å². The molecule has 6 nitrogen and oxygen atoms in total. The second-order valence-electron chi connectivity index (χ2n) is 5.00. The smallest absolute Gasteiger partial charge is 0.192 e. The van der Waals surface area contributed by atoms with E-state index in [9.17, 15) is 8.42 Å². The highest BCUT2D eigenvalue weighted by molar-refractivity contribution is 9.10. The first-order valence-corrected chi connectivity index (χ1v) is 8.66. The highest BCUT2D eigenvalue weighted by Crippen LogP contribution is 2.25. The molecule has 1 aliphatic heterocycles. The summed E-state index contributed by atoms with van der Waals surface area (Å²) in [6.45, 7) is 4.39. The first-order chi connectivity index (χ1) is 9.16. The van der Waals surface area contributed by atoms with Crippen LogP contribution in [0.15, 0.2) is 21.8 Å². The van der Waals surface area contributed by atoms with Crippen LogP contribution >= 0.6 is 15.9 Å². The van der Waals surface area contributed by atoms with Gasteiger partial charge in [-0.15, -0.1) is 0 Å². The topological polar surface area (TPSA) is 74.7 Å². The van der Waals surface area contributed by atoms with E-state index in [1.54, 1.807) is 6.07 Å². The standard InChI is InChI=1S/C12H16BrNO5S/c1-12(2)18-7-9(19-12)6-17-8-4-10(13)14-11(5-8)20(3,15)16/h4-5,9H,6-7H2,1-3H3. The van der Waals surface area contributed by atoms with E-state index in [1.165, 1.54) is 6.07 Å². The molecule has 0 saturated carbocycles. The molecule has 0 spiro atoms. The molecule has 0 amide bonds. The number of sulfone groups is 1. The minimum atomic E-state index is -3.38. The fourth-order valence-corrected chi connectivity index (χ4v) is 2.89. The van der Waals surface area contributed by atoms with Gasteiger partial charge in [0.25, 0.3) is 0 Å². The molecule has 1 atom stereocenters. The minimum absolute atomic E-state index is 0.0363. The molecule has 1 saturated heterocycles. The Morgan fingerprint density at radius 2 is 2.20 bits per heavy atom. The van der Waals surface area contributed by atoms with Crippen LogP contribution in [0.2, 0.25) is 0 Å². The number of hydrogen-bond acceptors (Lipinski definition) is 6. The van der Waals surface area contributed by atoms with E-state index >= 15 is 0 Å². The first-order valence-electron chi connectivity index (χ1n) is 5.98. The number of rotatable bonds is 4. The number of nitrogens with zero attached hydrogens (tertiary/aromatic N) is 1. The van der Waals surface area contributed by atoms with Crippen molar-refractivity contribution in [2.75, 3.05) is 19.5 Å². The monoisotopic (exact) mass is 365 g/mol. The van der Waals surface area contributed by atoms with E-state index in [-0.39, 0.29) is 17.7 Å². The van der Waals surface area contributed by atoms with Crippen molar-refractivity contribution in [2.24, 2.45) is 0 Å². The predicted octanol–water partition coefficient (Wildman–Crippen LogP) is 1.78. The Kier molecular flexibility index (Phi) is 4.38. The van der Waals surface area contributed by atoms with Crippen LogP contribution < -0.4 is 4.74 Å². The molecular formula is C12H16BrNO5S. The lowest BCUT2D eigenvalue weighted by Gasteiger charge is -2.17. The van der Waals surface area contributed by atoms with Gasteiger partial charge in [-0.3, -0.25) is 0 Å².